The number of hydrogen-bond donors (Lipinski definition) is 1. The molecule has 5 heteroatoms. The van der Waals surface area contributed by atoms with Gasteiger partial charge in [0.1, 0.15) is 18.2 Å². The Bertz CT molecular complexity index is 968. The van der Waals surface area contributed by atoms with Crippen molar-refractivity contribution < 1.29 is 9.84 Å². The predicted octanol–water partition coefficient (Wildman–Crippen LogP) is 3.53. The topological polar surface area (TPSA) is 48.8 Å². The summed E-state index contributed by atoms with van der Waals surface area (Å²) in [6, 6.07) is 18.9. The molecule has 0 aliphatic carbocycles. The van der Waals surface area contributed by atoms with Gasteiger partial charge >= 0.3 is 0 Å². The average molecular weight is 406 g/mol. The summed E-state index contributed by atoms with van der Waals surface area (Å²) in [5, 5.41) is 11.5. The maximum absolute atomic E-state index is 8.96. The number of aliphatic hydroxyl groups excluding tert-OH is 1. The molecule has 1 N–H and O–H groups in total. The van der Waals surface area contributed by atoms with Crippen molar-refractivity contribution in [1.82, 2.24) is 9.88 Å². The zero-order valence-electron chi connectivity index (χ0n) is 17.8. The van der Waals surface area contributed by atoms with Gasteiger partial charge in [0.05, 0.1) is 6.61 Å². The molecule has 0 atom stereocenters. The van der Waals surface area contributed by atoms with Crippen molar-refractivity contribution in [3.05, 3.63) is 65.9 Å². The van der Waals surface area contributed by atoms with Gasteiger partial charge in [0.2, 0.25) is 0 Å². The molecule has 0 spiro atoms. The number of ether oxygens (including phenoxy) is 1. The van der Waals surface area contributed by atoms with Crippen LogP contribution < -0.4 is 9.64 Å². The van der Waals surface area contributed by atoms with Crippen molar-refractivity contribution in [2.75, 3.05) is 50.8 Å². The molecule has 2 aromatic carbocycles. The fraction of sp³-hybridized carbons (Fsp3) is 0.400. The number of nitrogens with zero attached hydrogens (tertiary/aromatic N) is 3. The Hall–Kier alpha value is -2.63. The maximum Gasteiger partial charge on any atom is 0.136 e. The normalized spacial score (nSPS) is 14.9. The van der Waals surface area contributed by atoms with Crippen LogP contribution in [-0.2, 0) is 12.8 Å². The lowest BCUT2D eigenvalue weighted by molar-refractivity contribution is 0.201. The Morgan fingerprint density at radius 2 is 1.80 bits per heavy atom. The van der Waals surface area contributed by atoms with Gasteiger partial charge in [-0.05, 0) is 48.5 Å². The average Bonchev–Trinajstić information content (AvgIpc) is 2.81. The fourth-order valence-corrected chi connectivity index (χ4v) is 4.11. The first-order valence-electron chi connectivity index (χ1n) is 11.0. The highest BCUT2D eigenvalue weighted by atomic mass is 16.5. The quantitative estimate of drug-likeness (QED) is 0.621. The van der Waals surface area contributed by atoms with E-state index in [4.69, 9.17) is 14.8 Å². The van der Waals surface area contributed by atoms with Crippen molar-refractivity contribution in [3.8, 4) is 5.75 Å². The van der Waals surface area contributed by atoms with Gasteiger partial charge in [0, 0.05) is 37.3 Å². The number of rotatable bonds is 8. The third-order valence-corrected chi connectivity index (χ3v) is 5.82. The molecule has 0 radical (unpaired) electrons. The van der Waals surface area contributed by atoms with Crippen molar-refractivity contribution in [3.63, 3.8) is 0 Å². The Kier molecular flexibility index (Phi) is 6.82. The van der Waals surface area contributed by atoms with E-state index in [1.54, 1.807) is 0 Å². The van der Waals surface area contributed by atoms with Gasteiger partial charge in [-0.25, -0.2) is 4.98 Å². The van der Waals surface area contributed by atoms with Gasteiger partial charge in [-0.2, -0.15) is 0 Å². The number of hydrogen-bond acceptors (Lipinski definition) is 5. The maximum atomic E-state index is 8.96. The summed E-state index contributed by atoms with van der Waals surface area (Å²) in [5.74, 6) is 1.93. The molecule has 0 saturated carbocycles. The lowest BCUT2D eigenvalue weighted by atomic mass is 10.0. The molecule has 2 heterocycles. The number of aryl methyl sites for hydroxylation is 2. The predicted molar refractivity (Wildman–Crippen MR) is 123 cm³/mol. The number of fused-ring (bicyclic) bond motifs is 1. The number of likely N-dealkylation sites (N-methyl/N-ethyl adjacent to an activating group) is 1. The first kappa shape index (κ1) is 20.6. The molecule has 3 aromatic rings. The van der Waals surface area contributed by atoms with E-state index >= 15 is 0 Å². The molecule has 30 heavy (non-hydrogen) atoms. The molecule has 1 aromatic heterocycles. The number of anilines is 1. The Labute approximate surface area is 178 Å². The van der Waals surface area contributed by atoms with Gasteiger partial charge in [-0.3, -0.25) is 0 Å². The number of piperazine rings is 1. The Balaban J connectivity index is 1.53. The van der Waals surface area contributed by atoms with Crippen LogP contribution in [0.2, 0.25) is 0 Å². The SMILES string of the molecule is CCN1CCN(c2nc(CCc3cccc(OCCO)c3)cc3ccccc23)CC1. The molecule has 158 valence electrons. The minimum Gasteiger partial charge on any atom is -0.491 e. The molecule has 1 aliphatic rings. The second kappa shape index (κ2) is 9.92. The second-order valence-electron chi connectivity index (χ2n) is 7.80. The summed E-state index contributed by atoms with van der Waals surface area (Å²) in [4.78, 5) is 10.0. The van der Waals surface area contributed by atoms with Crippen LogP contribution in [0, 0.1) is 0 Å². The first-order valence-corrected chi connectivity index (χ1v) is 11.0. The monoisotopic (exact) mass is 405 g/mol. The largest absolute Gasteiger partial charge is 0.491 e. The molecule has 1 aliphatic heterocycles. The van der Waals surface area contributed by atoms with E-state index < -0.39 is 0 Å². The second-order valence-corrected chi connectivity index (χ2v) is 7.80. The van der Waals surface area contributed by atoms with Crippen molar-refractivity contribution in [2.24, 2.45) is 0 Å². The van der Waals surface area contributed by atoms with Crippen LogP contribution in [0.5, 0.6) is 5.75 Å². The summed E-state index contributed by atoms with van der Waals surface area (Å²) in [5.41, 5.74) is 2.35. The van der Waals surface area contributed by atoms with E-state index in [1.807, 2.05) is 12.1 Å². The zero-order chi connectivity index (χ0) is 20.8. The lowest BCUT2D eigenvalue weighted by Crippen LogP contribution is -2.46. The minimum atomic E-state index is 0.0283. The molecule has 5 nitrogen and oxygen atoms in total. The zero-order valence-corrected chi connectivity index (χ0v) is 17.8. The van der Waals surface area contributed by atoms with Gasteiger partial charge in [0.25, 0.3) is 0 Å². The molecule has 1 saturated heterocycles. The van der Waals surface area contributed by atoms with Crippen LogP contribution in [0.4, 0.5) is 5.82 Å². The Morgan fingerprint density at radius 1 is 0.967 bits per heavy atom. The van der Waals surface area contributed by atoms with Crippen molar-refractivity contribution in [2.45, 2.75) is 19.8 Å². The molecule has 1 fully saturated rings. The summed E-state index contributed by atoms with van der Waals surface area (Å²) >= 11 is 0. The number of pyridine rings is 1. The number of aliphatic hydroxyl groups is 1. The van der Waals surface area contributed by atoms with Crippen molar-refractivity contribution >= 4 is 16.6 Å². The van der Waals surface area contributed by atoms with Crippen LogP contribution in [0.25, 0.3) is 10.8 Å². The standard InChI is InChI=1S/C25H31N3O2/c1-2-27-12-14-28(15-13-27)25-24-9-4-3-7-21(24)19-22(26-25)11-10-20-6-5-8-23(18-20)30-17-16-29/h3-9,18-19,29H,2,10-17H2,1H3. The number of benzene rings is 2. The van der Waals surface area contributed by atoms with Crippen LogP contribution in [0.1, 0.15) is 18.2 Å². The summed E-state index contributed by atoms with van der Waals surface area (Å²) in [6.45, 7) is 7.94. The first-order chi connectivity index (χ1) is 14.8. The van der Waals surface area contributed by atoms with Crippen LogP contribution >= 0.6 is 0 Å². The summed E-state index contributed by atoms with van der Waals surface area (Å²) < 4.78 is 5.55. The van der Waals surface area contributed by atoms with E-state index in [9.17, 15) is 0 Å². The van der Waals surface area contributed by atoms with Gasteiger partial charge in [-0.1, -0.05) is 43.3 Å². The van der Waals surface area contributed by atoms with Gasteiger partial charge in [0.15, 0.2) is 0 Å². The third-order valence-electron chi connectivity index (χ3n) is 5.82. The summed E-state index contributed by atoms with van der Waals surface area (Å²) in [7, 11) is 0. The highest BCUT2D eigenvalue weighted by Gasteiger charge is 2.19. The minimum absolute atomic E-state index is 0.0283. The fourth-order valence-electron chi connectivity index (χ4n) is 4.11. The molecular weight excluding hydrogens is 374 g/mol. The molecule has 0 unspecified atom stereocenters. The molecule has 0 amide bonds. The molecule has 0 bridgehead atoms. The van der Waals surface area contributed by atoms with E-state index in [1.165, 1.54) is 16.3 Å². The van der Waals surface area contributed by atoms with E-state index in [2.05, 4.69) is 59.2 Å². The smallest absolute Gasteiger partial charge is 0.136 e. The van der Waals surface area contributed by atoms with E-state index in [-0.39, 0.29) is 6.61 Å². The highest BCUT2D eigenvalue weighted by Crippen LogP contribution is 2.27. The number of aromatic nitrogens is 1. The van der Waals surface area contributed by atoms with Gasteiger partial charge in [-0.15, -0.1) is 0 Å². The Morgan fingerprint density at radius 3 is 2.60 bits per heavy atom. The van der Waals surface area contributed by atoms with Crippen molar-refractivity contribution in [1.29, 1.82) is 0 Å². The summed E-state index contributed by atoms with van der Waals surface area (Å²) in [6.07, 6.45) is 1.79. The third kappa shape index (κ3) is 4.91. The van der Waals surface area contributed by atoms with E-state index in [0.717, 1.165) is 62.8 Å². The molecular formula is C25H31N3O2. The van der Waals surface area contributed by atoms with Crippen LogP contribution in [0.15, 0.2) is 54.6 Å². The highest BCUT2D eigenvalue weighted by molar-refractivity contribution is 5.92. The lowest BCUT2D eigenvalue weighted by Gasteiger charge is -2.35. The van der Waals surface area contributed by atoms with Gasteiger partial charge < -0.3 is 19.6 Å². The van der Waals surface area contributed by atoms with Crippen LogP contribution in [-0.4, -0.2) is 60.9 Å². The van der Waals surface area contributed by atoms with E-state index in [0.29, 0.717) is 6.61 Å². The van der Waals surface area contributed by atoms with Crippen LogP contribution in [0.3, 0.4) is 0 Å². The molecule has 4 rings (SSSR count).